The summed E-state index contributed by atoms with van der Waals surface area (Å²) in [5, 5.41) is 40.4. The fourth-order valence-electron chi connectivity index (χ4n) is 3.18. The van der Waals surface area contributed by atoms with Crippen molar-refractivity contribution in [3.8, 4) is 22.9 Å². The molecule has 4 aromatic rings. The van der Waals surface area contributed by atoms with Crippen LogP contribution in [0.4, 0.5) is 5.69 Å². The lowest BCUT2D eigenvalue weighted by atomic mass is 9.95. The van der Waals surface area contributed by atoms with E-state index in [4.69, 9.17) is 9.83 Å². The summed E-state index contributed by atoms with van der Waals surface area (Å²) in [4.78, 5) is 10.4. The smallest absolute Gasteiger partial charge is 0.269 e. The van der Waals surface area contributed by atoms with Gasteiger partial charge < -0.3 is 9.52 Å². The first-order valence-electron chi connectivity index (χ1n) is 7.92. The van der Waals surface area contributed by atoms with Gasteiger partial charge in [-0.05, 0) is 35.9 Å². The molecule has 0 spiro atoms. The van der Waals surface area contributed by atoms with Crippen molar-refractivity contribution < 1.29 is 14.4 Å². The number of aromatic hydroxyl groups is 1. The van der Waals surface area contributed by atoms with E-state index >= 15 is 0 Å². The van der Waals surface area contributed by atoms with Crippen molar-refractivity contribution in [1.82, 2.24) is 0 Å². The van der Waals surface area contributed by atoms with Gasteiger partial charge >= 0.3 is 0 Å². The molecule has 0 saturated heterocycles. The third-order valence-corrected chi connectivity index (χ3v) is 4.42. The van der Waals surface area contributed by atoms with Crippen LogP contribution in [0.1, 0.15) is 5.56 Å². The molecular weight excluding hydrogens is 346 g/mol. The monoisotopic (exact) mass is 357 g/mol. The number of phenolic OH excluding ortho intramolecular Hbond substituents is 1. The minimum absolute atomic E-state index is 0.0378. The Morgan fingerprint density at radius 2 is 1.74 bits per heavy atom. The first-order valence-corrected chi connectivity index (χ1v) is 7.92. The maximum absolute atomic E-state index is 10.9. The molecule has 0 aliphatic carbocycles. The van der Waals surface area contributed by atoms with E-state index in [1.165, 1.54) is 12.1 Å². The Balaban J connectivity index is 2.14. The van der Waals surface area contributed by atoms with Crippen molar-refractivity contribution in [1.29, 1.82) is 10.7 Å². The molecule has 2 N–H and O–H groups in total. The van der Waals surface area contributed by atoms with Crippen LogP contribution < -0.4 is 5.55 Å². The Hall–Kier alpha value is -4.18. The Kier molecular flexibility index (Phi) is 3.60. The average Bonchev–Trinajstić information content (AvgIpc) is 2.67. The van der Waals surface area contributed by atoms with E-state index in [1.54, 1.807) is 42.5 Å². The molecule has 0 aliphatic rings. The van der Waals surface area contributed by atoms with Gasteiger partial charge in [-0.1, -0.05) is 12.1 Å². The minimum atomic E-state index is -0.500. The molecule has 27 heavy (non-hydrogen) atoms. The van der Waals surface area contributed by atoms with Crippen LogP contribution in [0.15, 0.2) is 59.0 Å². The topological polar surface area (TPSA) is 124 Å². The van der Waals surface area contributed by atoms with Crippen molar-refractivity contribution in [2.75, 3.05) is 0 Å². The number of hydrogen-bond acceptors (Lipinski definition) is 6. The summed E-state index contributed by atoms with van der Waals surface area (Å²) in [6, 6.07) is 16.2. The quantitative estimate of drug-likeness (QED) is 0.316. The number of nitrogens with zero attached hydrogens (tertiary/aromatic N) is 2. The van der Waals surface area contributed by atoms with Crippen molar-refractivity contribution in [3.05, 3.63) is 75.8 Å². The molecule has 7 heteroatoms. The third-order valence-electron chi connectivity index (χ3n) is 4.42. The van der Waals surface area contributed by atoms with Gasteiger partial charge in [-0.2, -0.15) is 5.26 Å². The number of nitrogens with one attached hydrogen (secondary N) is 1. The van der Waals surface area contributed by atoms with Crippen LogP contribution in [0.5, 0.6) is 5.75 Å². The first kappa shape index (κ1) is 16.3. The predicted molar refractivity (Wildman–Crippen MR) is 98.0 cm³/mol. The molecule has 0 saturated carbocycles. The van der Waals surface area contributed by atoms with Crippen LogP contribution in [0.3, 0.4) is 0 Å². The molecule has 0 aliphatic heterocycles. The maximum atomic E-state index is 10.9. The van der Waals surface area contributed by atoms with Crippen LogP contribution in [-0.2, 0) is 0 Å². The molecule has 3 aromatic carbocycles. The van der Waals surface area contributed by atoms with Crippen LogP contribution in [0.2, 0.25) is 0 Å². The number of fused-ring (bicyclic) bond motifs is 3. The molecule has 0 fully saturated rings. The first-order chi connectivity index (χ1) is 13.0. The molecule has 0 unspecified atom stereocenters. The summed E-state index contributed by atoms with van der Waals surface area (Å²) in [7, 11) is 0. The highest BCUT2D eigenvalue weighted by Gasteiger charge is 2.18. The van der Waals surface area contributed by atoms with E-state index in [9.17, 15) is 20.5 Å². The molecule has 0 atom stereocenters. The van der Waals surface area contributed by atoms with E-state index in [2.05, 4.69) is 0 Å². The van der Waals surface area contributed by atoms with Gasteiger partial charge in [-0.3, -0.25) is 15.5 Å². The standard InChI is InChI=1S/C20H11N3O4/c21-10-16-18(11-4-6-12(7-5-11)23(25)26)15-9-8-13-14(2-1-3-17(13)24)19(15)27-20(16)22/h1-9,22,24H. The van der Waals surface area contributed by atoms with E-state index < -0.39 is 4.92 Å². The molecule has 4 rings (SSSR count). The molecule has 1 heterocycles. The summed E-state index contributed by atoms with van der Waals surface area (Å²) in [6.45, 7) is 0. The Labute approximate surface area is 152 Å². The Morgan fingerprint density at radius 1 is 1.04 bits per heavy atom. The van der Waals surface area contributed by atoms with E-state index in [1.807, 2.05) is 6.07 Å². The highest BCUT2D eigenvalue weighted by atomic mass is 16.6. The molecular formula is C20H11N3O4. The van der Waals surface area contributed by atoms with Crippen LogP contribution >= 0.6 is 0 Å². The summed E-state index contributed by atoms with van der Waals surface area (Å²) < 4.78 is 5.60. The van der Waals surface area contributed by atoms with Crippen molar-refractivity contribution in [2.24, 2.45) is 0 Å². The highest BCUT2D eigenvalue weighted by molar-refractivity contribution is 6.11. The van der Waals surface area contributed by atoms with Crippen LogP contribution in [0, 0.1) is 26.9 Å². The fourth-order valence-corrected chi connectivity index (χ4v) is 3.18. The van der Waals surface area contributed by atoms with Gasteiger partial charge in [0, 0.05) is 33.9 Å². The van der Waals surface area contributed by atoms with Gasteiger partial charge in [0.25, 0.3) is 5.69 Å². The minimum Gasteiger partial charge on any atom is -0.507 e. The van der Waals surface area contributed by atoms with E-state index in [-0.39, 0.29) is 22.6 Å². The highest BCUT2D eigenvalue weighted by Crippen LogP contribution is 2.36. The van der Waals surface area contributed by atoms with Crippen molar-refractivity contribution in [3.63, 3.8) is 0 Å². The van der Waals surface area contributed by atoms with E-state index in [0.29, 0.717) is 32.9 Å². The summed E-state index contributed by atoms with van der Waals surface area (Å²) >= 11 is 0. The summed E-state index contributed by atoms with van der Waals surface area (Å²) in [6.07, 6.45) is 0. The lowest BCUT2D eigenvalue weighted by Gasteiger charge is -2.11. The maximum Gasteiger partial charge on any atom is 0.269 e. The average molecular weight is 357 g/mol. The Bertz CT molecular complexity index is 1330. The van der Waals surface area contributed by atoms with Gasteiger partial charge in [-0.15, -0.1) is 0 Å². The second kappa shape index (κ2) is 5.97. The second-order valence-corrected chi connectivity index (χ2v) is 5.91. The molecule has 130 valence electrons. The number of nitriles is 1. The largest absolute Gasteiger partial charge is 0.507 e. The predicted octanol–water partition coefficient (Wildman–Crippen LogP) is 4.22. The summed E-state index contributed by atoms with van der Waals surface area (Å²) in [5.41, 5.74) is 1.05. The lowest BCUT2D eigenvalue weighted by Crippen LogP contribution is -2.07. The number of nitro groups is 1. The van der Waals surface area contributed by atoms with Crippen LogP contribution in [-0.4, -0.2) is 10.0 Å². The number of rotatable bonds is 2. The number of non-ortho nitro benzene ring substituents is 1. The van der Waals surface area contributed by atoms with E-state index in [0.717, 1.165) is 0 Å². The lowest BCUT2D eigenvalue weighted by molar-refractivity contribution is -0.384. The number of phenols is 1. The van der Waals surface area contributed by atoms with Gasteiger partial charge in [0.15, 0.2) is 0 Å². The molecule has 0 amide bonds. The SMILES string of the molecule is N#Cc1c(-c2ccc([N+](=O)[O-])cc2)c2ccc3c(O)cccc3c2oc1=N. The zero-order valence-electron chi connectivity index (χ0n) is 13.8. The van der Waals surface area contributed by atoms with Gasteiger partial charge in [0.2, 0.25) is 5.55 Å². The van der Waals surface area contributed by atoms with Crippen molar-refractivity contribution >= 4 is 27.4 Å². The Morgan fingerprint density at radius 3 is 2.41 bits per heavy atom. The number of hydrogen-bond donors (Lipinski definition) is 2. The number of nitro benzene ring substituents is 1. The van der Waals surface area contributed by atoms with Gasteiger partial charge in [-0.25, -0.2) is 0 Å². The molecule has 1 aromatic heterocycles. The number of benzene rings is 3. The molecule has 0 radical (unpaired) electrons. The van der Waals surface area contributed by atoms with Crippen molar-refractivity contribution in [2.45, 2.75) is 0 Å². The zero-order chi connectivity index (χ0) is 19.1. The zero-order valence-corrected chi connectivity index (χ0v) is 13.8. The third kappa shape index (κ3) is 2.48. The van der Waals surface area contributed by atoms with Gasteiger partial charge in [0.1, 0.15) is 23.0 Å². The fraction of sp³-hybridized carbons (Fsp3) is 0. The molecule has 0 bridgehead atoms. The second-order valence-electron chi connectivity index (χ2n) is 5.91. The van der Waals surface area contributed by atoms with Gasteiger partial charge in [0.05, 0.1) is 4.92 Å². The normalized spacial score (nSPS) is 10.8. The summed E-state index contributed by atoms with van der Waals surface area (Å²) in [5.74, 6) is 0.0809. The molecule has 7 nitrogen and oxygen atoms in total. The van der Waals surface area contributed by atoms with Crippen LogP contribution in [0.25, 0.3) is 32.9 Å².